The number of aldehydes is 1. The Morgan fingerprint density at radius 2 is 1.38 bits per heavy atom. The molecular weight excluding hydrogens is 200 g/mol. The Morgan fingerprint density at radius 3 is 1.81 bits per heavy atom. The molecule has 0 aliphatic carbocycles. The number of carbonyl (C=O) groups excluding carboxylic acids is 2. The molecule has 2 nitrogen and oxygen atoms in total. The van der Waals surface area contributed by atoms with E-state index < -0.39 is 0 Å². The minimum Gasteiger partial charge on any atom is -0.298 e. The Labute approximate surface area is 97.0 Å². The van der Waals surface area contributed by atoms with E-state index in [4.69, 9.17) is 0 Å². The average molecular weight is 218 g/mol. The summed E-state index contributed by atoms with van der Waals surface area (Å²) in [5.74, 6) is 0.0772. The molecule has 0 saturated heterocycles. The van der Waals surface area contributed by atoms with Gasteiger partial charge < -0.3 is 0 Å². The molecule has 0 aliphatic rings. The molecule has 86 valence electrons. The Hall–Kier alpha value is -1.70. The predicted octanol–water partition coefficient (Wildman–Crippen LogP) is 3.17. The van der Waals surface area contributed by atoms with Crippen molar-refractivity contribution in [3.63, 3.8) is 0 Å². The van der Waals surface area contributed by atoms with Gasteiger partial charge >= 0.3 is 0 Å². The van der Waals surface area contributed by atoms with E-state index in [0.29, 0.717) is 5.57 Å². The zero-order valence-electron chi connectivity index (χ0n) is 10.3. The van der Waals surface area contributed by atoms with E-state index in [1.165, 1.54) is 0 Å². The molecule has 2 heteroatoms. The van der Waals surface area contributed by atoms with E-state index in [2.05, 4.69) is 0 Å². The minimum atomic E-state index is 0.0772. The fourth-order valence-electron chi connectivity index (χ4n) is 0.945. The zero-order chi connectivity index (χ0) is 12.6. The van der Waals surface area contributed by atoms with Crippen molar-refractivity contribution in [2.45, 2.75) is 27.7 Å². The fourth-order valence-corrected chi connectivity index (χ4v) is 0.945. The van der Waals surface area contributed by atoms with Crippen LogP contribution in [0.4, 0.5) is 0 Å². The first kappa shape index (κ1) is 14.3. The minimum absolute atomic E-state index is 0.0772. The van der Waals surface area contributed by atoms with E-state index in [9.17, 15) is 9.59 Å². The SMILES string of the molecule is CC(=O)/C(C)=C/C(C)=C/C=C/C=C(\C)C=O. The van der Waals surface area contributed by atoms with Crippen molar-refractivity contribution in [3.8, 4) is 0 Å². The first-order valence-electron chi connectivity index (χ1n) is 5.13. The topological polar surface area (TPSA) is 34.1 Å². The molecule has 0 N–H and O–H groups in total. The average Bonchev–Trinajstić information content (AvgIpc) is 2.23. The van der Waals surface area contributed by atoms with Gasteiger partial charge in [-0.1, -0.05) is 36.0 Å². The largest absolute Gasteiger partial charge is 0.298 e. The van der Waals surface area contributed by atoms with Crippen molar-refractivity contribution < 1.29 is 9.59 Å². The van der Waals surface area contributed by atoms with Crippen LogP contribution in [0, 0.1) is 0 Å². The molecule has 0 aromatic carbocycles. The van der Waals surface area contributed by atoms with Crippen LogP contribution in [-0.2, 0) is 9.59 Å². The van der Waals surface area contributed by atoms with Crippen LogP contribution in [0.25, 0.3) is 0 Å². The number of rotatable bonds is 5. The maximum absolute atomic E-state index is 11.0. The highest BCUT2D eigenvalue weighted by molar-refractivity contribution is 5.93. The number of allylic oxidation sites excluding steroid dienone is 8. The van der Waals surface area contributed by atoms with Gasteiger partial charge in [0.15, 0.2) is 5.78 Å². The Morgan fingerprint density at radius 1 is 0.875 bits per heavy atom. The van der Waals surface area contributed by atoms with E-state index in [1.54, 1.807) is 32.9 Å². The molecule has 0 aromatic heterocycles. The summed E-state index contributed by atoms with van der Waals surface area (Å²) in [4.78, 5) is 21.3. The third kappa shape index (κ3) is 6.71. The molecule has 0 fully saturated rings. The van der Waals surface area contributed by atoms with Gasteiger partial charge in [0.2, 0.25) is 0 Å². The lowest BCUT2D eigenvalue weighted by Gasteiger charge is -1.94. The van der Waals surface area contributed by atoms with Crippen LogP contribution in [0.3, 0.4) is 0 Å². The van der Waals surface area contributed by atoms with Crippen LogP contribution in [0.5, 0.6) is 0 Å². The summed E-state index contributed by atoms with van der Waals surface area (Å²) in [6.07, 6.45) is 9.90. The van der Waals surface area contributed by atoms with Gasteiger partial charge in [-0.15, -0.1) is 0 Å². The molecule has 0 aromatic rings. The highest BCUT2D eigenvalue weighted by Crippen LogP contribution is 2.03. The van der Waals surface area contributed by atoms with Crippen LogP contribution in [0.15, 0.2) is 47.1 Å². The lowest BCUT2D eigenvalue weighted by Crippen LogP contribution is -1.90. The summed E-state index contributed by atoms with van der Waals surface area (Å²) >= 11 is 0. The van der Waals surface area contributed by atoms with Gasteiger partial charge in [-0.25, -0.2) is 0 Å². The van der Waals surface area contributed by atoms with E-state index in [1.807, 2.05) is 25.2 Å². The summed E-state index contributed by atoms with van der Waals surface area (Å²) < 4.78 is 0. The van der Waals surface area contributed by atoms with Crippen LogP contribution in [0.2, 0.25) is 0 Å². The van der Waals surface area contributed by atoms with Gasteiger partial charge in [-0.3, -0.25) is 9.59 Å². The van der Waals surface area contributed by atoms with Gasteiger partial charge in [-0.2, -0.15) is 0 Å². The number of ketones is 1. The lowest BCUT2D eigenvalue weighted by atomic mass is 10.1. The molecule has 16 heavy (non-hydrogen) atoms. The van der Waals surface area contributed by atoms with Gasteiger partial charge in [0.05, 0.1) is 0 Å². The second kappa shape index (κ2) is 7.57. The molecule has 0 amide bonds. The Bertz CT molecular complexity index is 380. The highest BCUT2D eigenvalue weighted by atomic mass is 16.1. The molecule has 0 saturated carbocycles. The van der Waals surface area contributed by atoms with Crippen LogP contribution in [0.1, 0.15) is 27.7 Å². The molecule has 0 spiro atoms. The van der Waals surface area contributed by atoms with Crippen molar-refractivity contribution in [1.82, 2.24) is 0 Å². The molecule has 0 radical (unpaired) electrons. The van der Waals surface area contributed by atoms with Crippen LogP contribution < -0.4 is 0 Å². The summed E-state index contributed by atoms with van der Waals surface area (Å²) in [6, 6.07) is 0. The molecule has 0 rings (SSSR count). The normalized spacial score (nSPS) is 14.4. The number of hydrogen-bond donors (Lipinski definition) is 0. The molecule has 0 unspecified atom stereocenters. The second-order valence-corrected chi connectivity index (χ2v) is 3.71. The monoisotopic (exact) mass is 218 g/mol. The number of hydrogen-bond acceptors (Lipinski definition) is 2. The van der Waals surface area contributed by atoms with E-state index in [0.717, 1.165) is 17.4 Å². The van der Waals surface area contributed by atoms with Crippen molar-refractivity contribution in [2.24, 2.45) is 0 Å². The summed E-state index contributed by atoms with van der Waals surface area (Å²) in [5.41, 5.74) is 2.42. The molecule has 0 atom stereocenters. The van der Waals surface area contributed by atoms with E-state index >= 15 is 0 Å². The van der Waals surface area contributed by atoms with E-state index in [-0.39, 0.29) is 5.78 Å². The summed E-state index contributed by atoms with van der Waals surface area (Å²) in [6.45, 7) is 7.01. The van der Waals surface area contributed by atoms with Gasteiger partial charge in [0.1, 0.15) is 6.29 Å². The van der Waals surface area contributed by atoms with Crippen molar-refractivity contribution in [1.29, 1.82) is 0 Å². The zero-order valence-corrected chi connectivity index (χ0v) is 10.3. The van der Waals surface area contributed by atoms with Crippen molar-refractivity contribution in [2.75, 3.05) is 0 Å². The maximum atomic E-state index is 11.0. The molecule has 0 heterocycles. The fraction of sp³-hybridized carbons (Fsp3) is 0.286. The van der Waals surface area contributed by atoms with Gasteiger partial charge in [0, 0.05) is 0 Å². The van der Waals surface area contributed by atoms with Crippen LogP contribution >= 0.6 is 0 Å². The third-order valence-corrected chi connectivity index (χ3v) is 2.01. The molecule has 0 bridgehead atoms. The quantitative estimate of drug-likeness (QED) is 0.403. The summed E-state index contributed by atoms with van der Waals surface area (Å²) in [5, 5.41) is 0. The molecular formula is C14H18O2. The molecule has 0 aliphatic heterocycles. The third-order valence-electron chi connectivity index (χ3n) is 2.01. The van der Waals surface area contributed by atoms with Crippen molar-refractivity contribution in [3.05, 3.63) is 47.1 Å². The van der Waals surface area contributed by atoms with Crippen LogP contribution in [-0.4, -0.2) is 12.1 Å². The van der Waals surface area contributed by atoms with Crippen molar-refractivity contribution >= 4 is 12.1 Å². The first-order valence-corrected chi connectivity index (χ1v) is 5.13. The number of carbonyl (C=O) groups is 2. The standard InChI is InChI=1S/C14H18O2/c1-11(9-13(3)14(4)16)7-5-6-8-12(2)10-15/h5-10H,1-4H3/b6-5+,11-7+,12-8+,13-9+. The predicted molar refractivity (Wildman–Crippen MR) is 67.2 cm³/mol. The highest BCUT2D eigenvalue weighted by Gasteiger charge is 1.94. The Balaban J connectivity index is 4.52. The first-order chi connectivity index (χ1) is 7.47. The van der Waals surface area contributed by atoms with Gasteiger partial charge in [0.25, 0.3) is 0 Å². The number of Topliss-reactive ketones (excluding diaryl/α,β-unsaturated/α-hetero) is 1. The smallest absolute Gasteiger partial charge is 0.155 e. The van der Waals surface area contributed by atoms with Gasteiger partial charge in [-0.05, 0) is 38.8 Å². The summed E-state index contributed by atoms with van der Waals surface area (Å²) in [7, 11) is 0. The lowest BCUT2D eigenvalue weighted by molar-refractivity contribution is -0.113. The second-order valence-electron chi connectivity index (χ2n) is 3.71. The maximum Gasteiger partial charge on any atom is 0.155 e. The Kier molecular flexibility index (Phi) is 6.77.